The first-order valence-electron chi connectivity index (χ1n) is 13.6. The van der Waals surface area contributed by atoms with E-state index < -0.39 is 17.7 Å². The lowest BCUT2D eigenvalue weighted by atomic mass is 9.82. The van der Waals surface area contributed by atoms with Crippen molar-refractivity contribution in [1.29, 1.82) is 0 Å². The molecule has 3 amide bonds. The maximum Gasteiger partial charge on any atom is 0.407 e. The van der Waals surface area contributed by atoms with Crippen LogP contribution in [0.1, 0.15) is 51.2 Å². The lowest BCUT2D eigenvalue weighted by Crippen LogP contribution is -2.50. The zero-order valence-corrected chi connectivity index (χ0v) is 24.0. The quantitative estimate of drug-likeness (QED) is 0.349. The monoisotopic (exact) mass is 551 g/mol. The molecule has 0 fully saturated rings. The fraction of sp³-hybridized carbons (Fsp3) is 0.467. The van der Waals surface area contributed by atoms with Crippen LogP contribution < -0.4 is 21.1 Å². The molecule has 4 N–H and O–H groups in total. The lowest BCUT2D eigenvalue weighted by molar-refractivity contribution is -0.132. The summed E-state index contributed by atoms with van der Waals surface area (Å²) in [7, 11) is 2.82. The Morgan fingerprint density at radius 1 is 1.05 bits per heavy atom. The molecule has 10 heteroatoms. The van der Waals surface area contributed by atoms with Crippen molar-refractivity contribution in [3.8, 4) is 5.75 Å². The number of ether oxygens (including phenoxy) is 2. The van der Waals surface area contributed by atoms with Crippen LogP contribution in [0.4, 0.5) is 4.79 Å². The van der Waals surface area contributed by atoms with Crippen molar-refractivity contribution in [3.63, 3.8) is 0 Å². The molecule has 0 bridgehead atoms. The van der Waals surface area contributed by atoms with Gasteiger partial charge in [-0.2, -0.15) is 0 Å². The van der Waals surface area contributed by atoms with Crippen LogP contribution in [0.2, 0.25) is 0 Å². The largest absolute Gasteiger partial charge is 0.497 e. The van der Waals surface area contributed by atoms with Gasteiger partial charge in [0.25, 0.3) is 5.91 Å². The summed E-state index contributed by atoms with van der Waals surface area (Å²) in [6, 6.07) is 15.8. The molecule has 0 saturated carbocycles. The van der Waals surface area contributed by atoms with Gasteiger partial charge >= 0.3 is 6.09 Å². The Morgan fingerprint density at radius 2 is 1.77 bits per heavy atom. The van der Waals surface area contributed by atoms with Crippen LogP contribution in [0.5, 0.6) is 5.75 Å². The van der Waals surface area contributed by atoms with E-state index in [2.05, 4.69) is 24.5 Å². The van der Waals surface area contributed by atoms with Crippen LogP contribution in [0.3, 0.4) is 0 Å². The van der Waals surface area contributed by atoms with Crippen molar-refractivity contribution in [2.24, 2.45) is 16.6 Å². The number of alkyl carbamates (subject to hydrolysis) is 1. The number of methoxy groups -OCH3 is 2. The average molecular weight is 552 g/mol. The number of nitrogens with zero attached hydrogens (tertiary/aromatic N) is 2. The molecule has 1 aliphatic rings. The highest BCUT2D eigenvalue weighted by Gasteiger charge is 2.49. The first kappa shape index (κ1) is 30.5. The van der Waals surface area contributed by atoms with E-state index in [9.17, 15) is 14.4 Å². The van der Waals surface area contributed by atoms with E-state index in [1.807, 2.05) is 61.5 Å². The third kappa shape index (κ3) is 7.52. The maximum absolute atomic E-state index is 13.7. The zero-order valence-electron chi connectivity index (χ0n) is 24.0. The minimum Gasteiger partial charge on any atom is -0.497 e. The summed E-state index contributed by atoms with van der Waals surface area (Å²) in [6.45, 7) is 6.39. The fourth-order valence-corrected chi connectivity index (χ4v) is 5.01. The Morgan fingerprint density at radius 3 is 2.42 bits per heavy atom. The van der Waals surface area contributed by atoms with Gasteiger partial charge in [0, 0.05) is 19.0 Å². The molecule has 3 rings (SSSR count). The SMILES string of the molecule is COC(=O)N[C@@H](Cc1cccc(OC)c1)C(=O)N[C@@H](C)CCCN1C(=O)[C@@](CC(C)C)(c2ccccc2)N=C1N. The van der Waals surface area contributed by atoms with Gasteiger partial charge in [0.05, 0.1) is 14.2 Å². The van der Waals surface area contributed by atoms with Gasteiger partial charge in [-0.1, -0.05) is 56.3 Å². The second kappa shape index (κ2) is 13.8. The highest BCUT2D eigenvalue weighted by atomic mass is 16.5. The second-order valence-corrected chi connectivity index (χ2v) is 10.5. The van der Waals surface area contributed by atoms with Crippen LogP contribution in [-0.2, 0) is 26.3 Å². The number of hydrogen-bond donors (Lipinski definition) is 3. The van der Waals surface area contributed by atoms with Gasteiger partial charge in [0.2, 0.25) is 5.91 Å². The predicted molar refractivity (Wildman–Crippen MR) is 154 cm³/mol. The van der Waals surface area contributed by atoms with Crippen molar-refractivity contribution in [1.82, 2.24) is 15.5 Å². The molecular formula is C30H41N5O5. The molecule has 2 aromatic rings. The Kier molecular flexibility index (Phi) is 10.5. The molecule has 0 radical (unpaired) electrons. The Balaban J connectivity index is 1.61. The topological polar surface area (TPSA) is 135 Å². The van der Waals surface area contributed by atoms with Crippen molar-refractivity contribution in [2.75, 3.05) is 20.8 Å². The number of aliphatic imine (C=N–C) groups is 1. The highest BCUT2D eigenvalue weighted by Crippen LogP contribution is 2.38. The lowest BCUT2D eigenvalue weighted by Gasteiger charge is -2.28. The highest BCUT2D eigenvalue weighted by molar-refractivity contribution is 6.07. The van der Waals surface area contributed by atoms with Gasteiger partial charge in [0.1, 0.15) is 11.8 Å². The summed E-state index contributed by atoms with van der Waals surface area (Å²) in [6.07, 6.45) is 1.32. The van der Waals surface area contributed by atoms with Gasteiger partial charge in [-0.15, -0.1) is 0 Å². The third-order valence-corrected chi connectivity index (χ3v) is 6.91. The van der Waals surface area contributed by atoms with Crippen LogP contribution in [0.25, 0.3) is 0 Å². The average Bonchev–Trinajstić information content (AvgIpc) is 3.17. The van der Waals surface area contributed by atoms with Gasteiger partial charge in [-0.3, -0.25) is 14.5 Å². The molecule has 3 atom stereocenters. The number of carbonyl (C=O) groups is 3. The smallest absolute Gasteiger partial charge is 0.407 e. The molecule has 0 spiro atoms. The van der Waals surface area contributed by atoms with E-state index in [4.69, 9.17) is 20.2 Å². The first-order valence-corrected chi connectivity index (χ1v) is 13.6. The number of hydrogen-bond acceptors (Lipinski definition) is 7. The fourth-order valence-electron chi connectivity index (χ4n) is 5.01. The molecule has 1 heterocycles. The van der Waals surface area contributed by atoms with Gasteiger partial charge < -0.3 is 25.8 Å². The molecule has 1 aliphatic heterocycles. The molecule has 2 aromatic carbocycles. The standard InChI is InChI=1S/C30H41N5O5/c1-20(2)19-30(23-13-7-6-8-14-23)27(37)35(28(31)34-30)16-10-11-21(3)32-26(36)25(33-29(38)40-5)18-22-12-9-15-24(17-22)39-4/h6-9,12-15,17,20-21,25H,10-11,16,18-19H2,1-5H3,(H2,31,34)(H,32,36)(H,33,38)/t21-,25-,30+/m0/s1. The summed E-state index contributed by atoms with van der Waals surface area (Å²) >= 11 is 0. The maximum atomic E-state index is 13.7. The van der Waals surface area contributed by atoms with E-state index in [0.717, 1.165) is 11.1 Å². The van der Waals surface area contributed by atoms with E-state index in [1.54, 1.807) is 12.0 Å². The molecule has 0 unspecified atom stereocenters. The van der Waals surface area contributed by atoms with Crippen molar-refractivity contribution in [2.45, 2.75) is 64.1 Å². The van der Waals surface area contributed by atoms with E-state index >= 15 is 0 Å². The van der Waals surface area contributed by atoms with Crippen LogP contribution in [-0.4, -0.2) is 61.6 Å². The summed E-state index contributed by atoms with van der Waals surface area (Å²) in [5, 5.41) is 5.58. The molecule has 40 heavy (non-hydrogen) atoms. The normalized spacial score (nSPS) is 18.2. The zero-order chi connectivity index (χ0) is 29.3. The Hall–Kier alpha value is -4.08. The third-order valence-electron chi connectivity index (χ3n) is 6.91. The van der Waals surface area contributed by atoms with Gasteiger partial charge in [-0.05, 0) is 55.4 Å². The molecule has 0 aliphatic carbocycles. The number of nitrogens with two attached hydrogens (primary N) is 1. The summed E-state index contributed by atoms with van der Waals surface area (Å²) in [5.41, 5.74) is 6.91. The molecule has 216 valence electrons. The van der Waals surface area contributed by atoms with Crippen molar-refractivity contribution >= 4 is 23.9 Å². The van der Waals surface area contributed by atoms with Crippen molar-refractivity contribution < 1.29 is 23.9 Å². The van der Waals surface area contributed by atoms with Crippen LogP contribution in [0.15, 0.2) is 59.6 Å². The predicted octanol–water partition coefficient (Wildman–Crippen LogP) is 3.35. The van der Waals surface area contributed by atoms with E-state index in [0.29, 0.717) is 31.6 Å². The van der Waals surface area contributed by atoms with Gasteiger partial charge in [-0.25, -0.2) is 9.79 Å². The number of carbonyl (C=O) groups excluding carboxylic acids is 3. The van der Waals surface area contributed by atoms with E-state index in [-0.39, 0.29) is 36.2 Å². The van der Waals surface area contributed by atoms with Crippen LogP contribution >= 0.6 is 0 Å². The summed E-state index contributed by atoms with van der Waals surface area (Å²) in [5.74, 6) is 0.652. The molecule has 0 aromatic heterocycles. The van der Waals surface area contributed by atoms with E-state index in [1.165, 1.54) is 7.11 Å². The molecule has 10 nitrogen and oxygen atoms in total. The summed E-state index contributed by atoms with van der Waals surface area (Å²) in [4.78, 5) is 45.0. The number of rotatable bonds is 13. The second-order valence-electron chi connectivity index (χ2n) is 10.5. The number of guanidine groups is 1. The molecule has 0 saturated heterocycles. The number of amides is 3. The minimum atomic E-state index is -1.02. The Bertz CT molecular complexity index is 1200. The van der Waals surface area contributed by atoms with Crippen molar-refractivity contribution in [3.05, 3.63) is 65.7 Å². The number of benzene rings is 2. The molecular weight excluding hydrogens is 510 g/mol. The minimum absolute atomic E-state index is 0.123. The summed E-state index contributed by atoms with van der Waals surface area (Å²) < 4.78 is 9.98. The van der Waals surface area contributed by atoms with Crippen LogP contribution in [0, 0.1) is 5.92 Å². The van der Waals surface area contributed by atoms with Gasteiger partial charge in [0.15, 0.2) is 11.5 Å². The first-order chi connectivity index (χ1) is 19.1. The number of nitrogens with one attached hydrogen (secondary N) is 2. The Labute approximate surface area is 236 Å².